The second-order valence-electron chi connectivity index (χ2n) is 12.6. The van der Waals surface area contributed by atoms with Crippen molar-refractivity contribution in [3.05, 3.63) is 95.1 Å². The lowest BCUT2D eigenvalue weighted by molar-refractivity contribution is -0.384. The van der Waals surface area contributed by atoms with Gasteiger partial charge in [0.15, 0.2) is 0 Å². The average molecular weight is 691 g/mol. The van der Waals surface area contributed by atoms with Crippen LogP contribution in [0.15, 0.2) is 73.8 Å². The van der Waals surface area contributed by atoms with Crippen molar-refractivity contribution in [1.29, 1.82) is 0 Å². The maximum atomic E-state index is 14.4. The van der Waals surface area contributed by atoms with Crippen LogP contribution in [-0.4, -0.2) is 84.1 Å². The number of hydrogen-bond donors (Lipinski definition) is 1. The molecule has 13 heteroatoms. The van der Waals surface area contributed by atoms with Gasteiger partial charge in [0.05, 0.1) is 36.2 Å². The van der Waals surface area contributed by atoms with E-state index in [-0.39, 0.29) is 49.8 Å². The topological polar surface area (TPSA) is 158 Å². The van der Waals surface area contributed by atoms with E-state index in [1.807, 2.05) is 30.3 Å². The van der Waals surface area contributed by atoms with E-state index in [4.69, 9.17) is 14.2 Å². The number of urea groups is 1. The number of likely N-dealkylation sites (tertiary alicyclic amines) is 1. The number of nitro groups is 1. The number of unbranched alkanes of at least 4 members (excludes halogenated alkanes) is 3. The van der Waals surface area contributed by atoms with Crippen LogP contribution in [0.2, 0.25) is 0 Å². The molecule has 1 aliphatic carbocycles. The molecule has 4 rings (SSSR count). The molecule has 4 atom stereocenters. The van der Waals surface area contributed by atoms with Gasteiger partial charge in [-0.05, 0) is 68.4 Å². The molecule has 1 aliphatic heterocycles. The van der Waals surface area contributed by atoms with Gasteiger partial charge in [-0.25, -0.2) is 9.59 Å². The molecule has 3 amide bonds. The maximum Gasteiger partial charge on any atom is 0.338 e. The number of ether oxygens (including phenoxy) is 3. The fraction of sp³-hybridized carbons (Fsp3) is 0.459. The van der Waals surface area contributed by atoms with Gasteiger partial charge in [-0.1, -0.05) is 30.7 Å². The molecule has 2 aromatic carbocycles. The smallest absolute Gasteiger partial charge is 0.338 e. The lowest BCUT2D eigenvalue weighted by Gasteiger charge is -2.31. The van der Waals surface area contributed by atoms with Crippen molar-refractivity contribution in [3.8, 4) is 5.75 Å². The lowest BCUT2D eigenvalue weighted by atomic mass is 10.0. The zero-order valence-electron chi connectivity index (χ0n) is 28.7. The Morgan fingerprint density at radius 2 is 1.80 bits per heavy atom. The van der Waals surface area contributed by atoms with E-state index in [1.165, 1.54) is 29.2 Å². The predicted molar refractivity (Wildman–Crippen MR) is 185 cm³/mol. The van der Waals surface area contributed by atoms with Crippen LogP contribution in [0.1, 0.15) is 61.4 Å². The Morgan fingerprint density at radius 1 is 1.08 bits per heavy atom. The van der Waals surface area contributed by atoms with E-state index >= 15 is 0 Å². The number of nitrogens with zero attached hydrogens (tertiary/aromatic N) is 3. The molecule has 50 heavy (non-hydrogen) atoms. The van der Waals surface area contributed by atoms with Crippen molar-refractivity contribution in [2.45, 2.75) is 64.1 Å². The standard InChI is InChI=1S/C37H46N4O9/c1-5-8-9-10-11-20-39(23-26-12-18-30(48-4)19-13-26)36(45)40-24-31(50-34(43)27-14-16-29(17-15-27)41(46)47)21-32(40)33(42)38-25-37(22-28(37)6-2)35(44)49-7-3/h5-6,12-19,28,31-32H,1-2,7-11,20-25H2,3-4H3,(H,38,42)/t28-,31+,32+,37-/m1/s1. The Labute approximate surface area is 292 Å². The number of nitrogens with one attached hydrogen (secondary N) is 1. The van der Waals surface area contributed by atoms with Crippen LogP contribution in [-0.2, 0) is 25.6 Å². The fourth-order valence-corrected chi connectivity index (χ4v) is 6.21. The Balaban J connectivity index is 1.56. The van der Waals surface area contributed by atoms with Gasteiger partial charge in [0.1, 0.15) is 17.9 Å². The highest BCUT2D eigenvalue weighted by molar-refractivity contribution is 5.91. The van der Waals surface area contributed by atoms with E-state index in [2.05, 4.69) is 18.5 Å². The molecular weight excluding hydrogens is 644 g/mol. The quantitative estimate of drug-likeness (QED) is 0.0707. The molecule has 1 saturated heterocycles. The number of carbonyl (C=O) groups is 4. The summed E-state index contributed by atoms with van der Waals surface area (Å²) >= 11 is 0. The van der Waals surface area contributed by atoms with Crippen LogP contribution in [0.4, 0.5) is 10.5 Å². The third-order valence-electron chi connectivity index (χ3n) is 9.22. The third kappa shape index (κ3) is 9.27. The predicted octanol–water partition coefficient (Wildman–Crippen LogP) is 5.44. The molecule has 13 nitrogen and oxygen atoms in total. The molecule has 1 heterocycles. The summed E-state index contributed by atoms with van der Waals surface area (Å²) in [5.41, 5.74) is -0.129. The molecule has 2 fully saturated rings. The molecule has 0 bridgehead atoms. The van der Waals surface area contributed by atoms with Crippen molar-refractivity contribution in [2.75, 3.05) is 33.4 Å². The molecule has 268 valence electrons. The first-order chi connectivity index (χ1) is 24.1. The zero-order chi connectivity index (χ0) is 36.3. The zero-order valence-corrected chi connectivity index (χ0v) is 28.7. The first-order valence-corrected chi connectivity index (χ1v) is 16.9. The summed E-state index contributed by atoms with van der Waals surface area (Å²) in [6.07, 6.45) is 6.59. The molecule has 2 aromatic rings. The van der Waals surface area contributed by atoms with E-state index in [9.17, 15) is 29.3 Å². The van der Waals surface area contributed by atoms with E-state index in [0.29, 0.717) is 18.7 Å². The minimum atomic E-state index is -1.00. The van der Waals surface area contributed by atoms with E-state index in [1.54, 1.807) is 25.0 Å². The van der Waals surface area contributed by atoms with Gasteiger partial charge >= 0.3 is 18.0 Å². The number of esters is 2. The van der Waals surface area contributed by atoms with Gasteiger partial charge in [0.2, 0.25) is 5.91 Å². The van der Waals surface area contributed by atoms with Gasteiger partial charge in [-0.15, -0.1) is 13.2 Å². The van der Waals surface area contributed by atoms with E-state index in [0.717, 1.165) is 31.2 Å². The van der Waals surface area contributed by atoms with Gasteiger partial charge in [-0.3, -0.25) is 19.7 Å². The number of benzene rings is 2. The summed E-state index contributed by atoms with van der Waals surface area (Å²) in [6.45, 7) is 10.1. The number of allylic oxidation sites excluding steroid dienone is 2. The van der Waals surface area contributed by atoms with Gasteiger partial charge < -0.3 is 29.3 Å². The molecule has 2 aliphatic rings. The lowest BCUT2D eigenvalue weighted by Crippen LogP contribution is -2.52. The van der Waals surface area contributed by atoms with Crippen LogP contribution < -0.4 is 10.1 Å². The van der Waals surface area contributed by atoms with Gasteiger partial charge in [0, 0.05) is 38.2 Å². The second kappa shape index (κ2) is 17.5. The molecule has 0 radical (unpaired) electrons. The minimum Gasteiger partial charge on any atom is -0.497 e. The Bertz CT molecular complexity index is 1540. The molecule has 0 unspecified atom stereocenters. The van der Waals surface area contributed by atoms with Crippen LogP contribution in [0.25, 0.3) is 0 Å². The SMILES string of the molecule is C=CCCCCCN(Cc1ccc(OC)cc1)C(=O)N1C[C@@H](OC(=O)c2ccc([N+](=O)[O-])cc2)C[C@H]1C(=O)NC[C@]1(C(=O)OCC)C[C@H]1C=C. The summed E-state index contributed by atoms with van der Waals surface area (Å²) in [5, 5.41) is 13.9. The van der Waals surface area contributed by atoms with Crippen molar-refractivity contribution in [3.63, 3.8) is 0 Å². The highest BCUT2D eigenvalue weighted by atomic mass is 16.6. The summed E-state index contributed by atoms with van der Waals surface area (Å²) in [4.78, 5) is 67.7. The first-order valence-electron chi connectivity index (χ1n) is 16.9. The Hall–Kier alpha value is -5.20. The minimum absolute atomic E-state index is 0.00595. The first kappa shape index (κ1) is 37.6. The highest BCUT2D eigenvalue weighted by Crippen LogP contribution is 2.53. The average Bonchev–Trinajstić information content (AvgIpc) is 3.71. The van der Waals surface area contributed by atoms with E-state index < -0.39 is 46.4 Å². The van der Waals surface area contributed by atoms with Crippen LogP contribution in [0, 0.1) is 21.4 Å². The van der Waals surface area contributed by atoms with Crippen LogP contribution in [0.3, 0.4) is 0 Å². The third-order valence-corrected chi connectivity index (χ3v) is 9.22. The number of amides is 3. The normalized spacial score (nSPS) is 20.7. The number of hydrogen-bond acceptors (Lipinski definition) is 9. The second-order valence-corrected chi connectivity index (χ2v) is 12.6. The van der Waals surface area contributed by atoms with Crippen molar-refractivity contribution in [2.24, 2.45) is 11.3 Å². The molecule has 0 spiro atoms. The molecule has 1 saturated carbocycles. The number of methoxy groups -OCH3 is 1. The van der Waals surface area contributed by atoms with Crippen molar-refractivity contribution in [1.82, 2.24) is 15.1 Å². The summed E-state index contributed by atoms with van der Waals surface area (Å²) in [7, 11) is 1.58. The number of rotatable bonds is 18. The maximum absolute atomic E-state index is 14.4. The molecule has 0 aromatic heterocycles. The Morgan fingerprint density at radius 3 is 2.40 bits per heavy atom. The number of carbonyl (C=O) groups excluding carboxylic acids is 4. The van der Waals surface area contributed by atoms with Crippen molar-refractivity contribution < 1.29 is 38.3 Å². The summed E-state index contributed by atoms with van der Waals surface area (Å²) < 4.78 is 16.3. The van der Waals surface area contributed by atoms with Gasteiger partial charge in [-0.2, -0.15) is 0 Å². The summed E-state index contributed by atoms with van der Waals surface area (Å²) in [5.74, 6) is -1.11. The molecular formula is C37H46N4O9. The number of nitro benzene ring substituents is 1. The largest absolute Gasteiger partial charge is 0.497 e. The number of non-ortho nitro benzene ring substituents is 1. The fourth-order valence-electron chi connectivity index (χ4n) is 6.21. The monoisotopic (exact) mass is 690 g/mol. The van der Waals surface area contributed by atoms with Crippen molar-refractivity contribution >= 4 is 29.6 Å². The highest BCUT2D eigenvalue weighted by Gasteiger charge is 2.60. The Kier molecular flexibility index (Phi) is 13.1. The van der Waals surface area contributed by atoms with Crippen LogP contribution in [0.5, 0.6) is 5.75 Å². The molecule has 1 N–H and O–H groups in total. The van der Waals surface area contributed by atoms with Gasteiger partial charge in [0.25, 0.3) is 5.69 Å². The van der Waals surface area contributed by atoms with Crippen LogP contribution >= 0.6 is 0 Å². The summed E-state index contributed by atoms with van der Waals surface area (Å²) in [6, 6.07) is 11.0.